The zero-order valence-corrected chi connectivity index (χ0v) is 12.4. The summed E-state index contributed by atoms with van der Waals surface area (Å²) in [4.78, 5) is 0. The van der Waals surface area contributed by atoms with Gasteiger partial charge in [-0.1, -0.05) is 53.5 Å². The molecule has 0 amide bonds. The van der Waals surface area contributed by atoms with Crippen molar-refractivity contribution >= 4 is 23.2 Å². The average molecular weight is 308 g/mol. The van der Waals surface area contributed by atoms with Crippen molar-refractivity contribution in [2.75, 3.05) is 0 Å². The van der Waals surface area contributed by atoms with Crippen molar-refractivity contribution in [3.05, 3.63) is 63.6 Å². The minimum Gasteiger partial charge on any atom is -0.488 e. The minimum absolute atomic E-state index is 0.0116. The van der Waals surface area contributed by atoms with Crippen LogP contribution in [0.15, 0.2) is 42.5 Å². The van der Waals surface area contributed by atoms with E-state index in [1.807, 2.05) is 30.3 Å². The van der Waals surface area contributed by atoms with Crippen LogP contribution in [0.3, 0.4) is 0 Å². The highest BCUT2D eigenvalue weighted by Gasteiger charge is 2.28. The van der Waals surface area contributed by atoms with Gasteiger partial charge in [-0.05, 0) is 29.7 Å². The number of hydrogen-bond acceptors (Lipinski definition) is 2. The van der Waals surface area contributed by atoms with E-state index < -0.39 is 0 Å². The molecule has 2 aromatic carbocycles. The highest BCUT2D eigenvalue weighted by molar-refractivity contribution is 6.42. The lowest BCUT2D eigenvalue weighted by molar-refractivity contribution is 0.198. The number of hydrogen-bond donors (Lipinski definition) is 1. The number of rotatable bonds is 3. The van der Waals surface area contributed by atoms with E-state index in [4.69, 9.17) is 33.7 Å². The fraction of sp³-hybridized carbons (Fsp3) is 0.250. The summed E-state index contributed by atoms with van der Waals surface area (Å²) >= 11 is 12.2. The highest BCUT2D eigenvalue weighted by atomic mass is 35.5. The second-order valence-corrected chi connectivity index (χ2v) is 5.83. The molecule has 0 fully saturated rings. The molecule has 0 bridgehead atoms. The van der Waals surface area contributed by atoms with E-state index in [2.05, 4.69) is 6.07 Å². The molecule has 4 heteroatoms. The number of fused-ring (bicyclic) bond motifs is 1. The summed E-state index contributed by atoms with van der Waals surface area (Å²) in [7, 11) is 0. The molecular formula is C16H15Cl2NO. The number of ether oxygens (including phenoxy) is 1. The van der Waals surface area contributed by atoms with Gasteiger partial charge in [0.25, 0.3) is 0 Å². The fourth-order valence-electron chi connectivity index (χ4n) is 2.54. The van der Waals surface area contributed by atoms with Gasteiger partial charge < -0.3 is 10.5 Å². The zero-order chi connectivity index (χ0) is 14.1. The third kappa shape index (κ3) is 2.64. The molecule has 0 spiro atoms. The van der Waals surface area contributed by atoms with E-state index in [9.17, 15) is 0 Å². The van der Waals surface area contributed by atoms with Gasteiger partial charge in [0.05, 0.1) is 10.0 Å². The molecule has 0 aliphatic carbocycles. The van der Waals surface area contributed by atoms with E-state index in [0.717, 1.165) is 17.7 Å². The normalized spacial score (nSPS) is 18.4. The molecule has 3 rings (SSSR count). The van der Waals surface area contributed by atoms with Crippen LogP contribution in [0.25, 0.3) is 0 Å². The van der Waals surface area contributed by atoms with Crippen LogP contribution >= 0.6 is 23.2 Å². The Morgan fingerprint density at radius 2 is 1.95 bits per heavy atom. The lowest BCUT2D eigenvalue weighted by Crippen LogP contribution is -2.39. The van der Waals surface area contributed by atoms with E-state index >= 15 is 0 Å². The molecule has 20 heavy (non-hydrogen) atoms. The molecule has 1 aliphatic rings. The first kappa shape index (κ1) is 13.7. The quantitative estimate of drug-likeness (QED) is 0.934. The topological polar surface area (TPSA) is 35.2 Å². The van der Waals surface area contributed by atoms with Crippen LogP contribution in [0.4, 0.5) is 0 Å². The van der Waals surface area contributed by atoms with Crippen LogP contribution in [-0.4, -0.2) is 12.1 Å². The molecule has 2 unspecified atom stereocenters. The van der Waals surface area contributed by atoms with E-state index in [-0.39, 0.29) is 12.1 Å². The van der Waals surface area contributed by atoms with Gasteiger partial charge in [-0.2, -0.15) is 0 Å². The molecule has 0 saturated carbocycles. The Balaban J connectivity index is 1.72. The summed E-state index contributed by atoms with van der Waals surface area (Å²) in [6.07, 6.45) is 1.48. The summed E-state index contributed by atoms with van der Waals surface area (Å²) in [6.45, 7) is 0. The predicted octanol–water partition coefficient (Wildman–Crippen LogP) is 3.87. The van der Waals surface area contributed by atoms with Crippen molar-refractivity contribution in [3.8, 4) is 5.75 Å². The van der Waals surface area contributed by atoms with Crippen LogP contribution < -0.4 is 10.5 Å². The minimum atomic E-state index is -0.113. The van der Waals surface area contributed by atoms with E-state index in [0.29, 0.717) is 16.5 Å². The SMILES string of the molecule is NC(Cc1cccc(Cl)c1Cl)C1Cc2ccccc2O1. The van der Waals surface area contributed by atoms with Crippen molar-refractivity contribution in [1.82, 2.24) is 0 Å². The second-order valence-electron chi connectivity index (χ2n) is 5.05. The third-order valence-electron chi connectivity index (χ3n) is 3.64. The van der Waals surface area contributed by atoms with Crippen molar-refractivity contribution < 1.29 is 4.74 Å². The molecule has 2 atom stereocenters. The van der Waals surface area contributed by atoms with E-state index in [1.54, 1.807) is 6.07 Å². The maximum absolute atomic E-state index is 6.28. The van der Waals surface area contributed by atoms with Crippen LogP contribution in [-0.2, 0) is 12.8 Å². The van der Waals surface area contributed by atoms with Crippen LogP contribution in [0.5, 0.6) is 5.75 Å². The van der Waals surface area contributed by atoms with Gasteiger partial charge in [0.1, 0.15) is 11.9 Å². The molecular weight excluding hydrogens is 293 g/mol. The van der Waals surface area contributed by atoms with Gasteiger partial charge >= 0.3 is 0 Å². The number of nitrogens with two attached hydrogens (primary N) is 1. The Kier molecular flexibility index (Phi) is 3.88. The first-order valence-electron chi connectivity index (χ1n) is 6.58. The lowest BCUT2D eigenvalue weighted by atomic mass is 9.98. The van der Waals surface area contributed by atoms with Crippen molar-refractivity contribution in [1.29, 1.82) is 0 Å². The molecule has 0 saturated heterocycles. The second kappa shape index (κ2) is 5.65. The zero-order valence-electron chi connectivity index (χ0n) is 10.9. The Hall–Kier alpha value is -1.22. The lowest BCUT2D eigenvalue weighted by Gasteiger charge is -2.20. The predicted molar refractivity (Wildman–Crippen MR) is 82.7 cm³/mol. The number of benzene rings is 2. The summed E-state index contributed by atoms with van der Waals surface area (Å²) in [5, 5.41) is 1.15. The van der Waals surface area contributed by atoms with Gasteiger partial charge in [0, 0.05) is 12.5 Å². The van der Waals surface area contributed by atoms with Crippen molar-refractivity contribution in [3.63, 3.8) is 0 Å². The summed E-state index contributed by atoms with van der Waals surface area (Å²) in [5.74, 6) is 0.935. The van der Waals surface area contributed by atoms with Gasteiger partial charge in [-0.3, -0.25) is 0 Å². The van der Waals surface area contributed by atoms with Crippen LogP contribution in [0.1, 0.15) is 11.1 Å². The standard InChI is InChI=1S/C16H15Cl2NO/c17-12-6-3-5-11(16(12)18)8-13(19)15-9-10-4-1-2-7-14(10)20-15/h1-7,13,15H,8-9,19H2. The van der Waals surface area contributed by atoms with Crippen LogP contribution in [0.2, 0.25) is 10.0 Å². The van der Waals surface area contributed by atoms with Crippen molar-refractivity contribution in [2.24, 2.45) is 5.73 Å². The summed E-state index contributed by atoms with van der Waals surface area (Å²) < 4.78 is 5.91. The average Bonchev–Trinajstić information content (AvgIpc) is 2.88. The monoisotopic (exact) mass is 307 g/mol. The first-order valence-corrected chi connectivity index (χ1v) is 7.34. The highest BCUT2D eigenvalue weighted by Crippen LogP contribution is 2.31. The van der Waals surface area contributed by atoms with Crippen molar-refractivity contribution in [2.45, 2.75) is 25.0 Å². The summed E-state index contributed by atoms with van der Waals surface area (Å²) in [5.41, 5.74) is 8.46. The number of halogens is 2. The molecule has 1 heterocycles. The maximum atomic E-state index is 6.28. The molecule has 104 valence electrons. The maximum Gasteiger partial charge on any atom is 0.123 e. The third-order valence-corrected chi connectivity index (χ3v) is 4.49. The fourth-order valence-corrected chi connectivity index (χ4v) is 2.94. The number of para-hydroxylation sites is 1. The Morgan fingerprint density at radius 1 is 1.15 bits per heavy atom. The molecule has 0 radical (unpaired) electrons. The first-order chi connectivity index (χ1) is 9.65. The smallest absolute Gasteiger partial charge is 0.123 e. The summed E-state index contributed by atoms with van der Waals surface area (Å²) in [6, 6.07) is 13.6. The van der Waals surface area contributed by atoms with Gasteiger partial charge in [0.15, 0.2) is 0 Å². The molecule has 1 aliphatic heterocycles. The van der Waals surface area contributed by atoms with Crippen LogP contribution in [0, 0.1) is 0 Å². The van der Waals surface area contributed by atoms with Gasteiger partial charge in [0.2, 0.25) is 0 Å². The van der Waals surface area contributed by atoms with E-state index in [1.165, 1.54) is 5.56 Å². The molecule has 2 N–H and O–H groups in total. The Labute approximate surface area is 128 Å². The largest absolute Gasteiger partial charge is 0.488 e. The van der Waals surface area contributed by atoms with Gasteiger partial charge in [-0.25, -0.2) is 0 Å². The van der Waals surface area contributed by atoms with Gasteiger partial charge in [-0.15, -0.1) is 0 Å². The molecule has 0 aromatic heterocycles. The molecule has 2 nitrogen and oxygen atoms in total. The molecule has 2 aromatic rings. The Bertz CT molecular complexity index is 605. The Morgan fingerprint density at radius 3 is 2.75 bits per heavy atom.